The maximum absolute atomic E-state index is 12.9. The average Bonchev–Trinajstić information content (AvgIpc) is 2.35. The van der Waals surface area contributed by atoms with Crippen molar-refractivity contribution in [3.63, 3.8) is 0 Å². The van der Waals surface area contributed by atoms with E-state index in [1.165, 1.54) is 18.2 Å². The van der Waals surface area contributed by atoms with E-state index in [1.807, 2.05) is 0 Å². The molecule has 0 radical (unpaired) electrons. The van der Waals surface area contributed by atoms with Gasteiger partial charge in [-0.3, -0.25) is 0 Å². The van der Waals surface area contributed by atoms with E-state index in [-0.39, 0.29) is 11.5 Å². The quantitative estimate of drug-likeness (QED) is 0.735. The number of anilines is 1. The van der Waals surface area contributed by atoms with Crippen LogP contribution in [0.2, 0.25) is 0 Å². The first-order valence-electron chi connectivity index (χ1n) is 5.26. The number of hydrogen-bond acceptors (Lipinski definition) is 3. The van der Waals surface area contributed by atoms with E-state index in [0.717, 1.165) is 12.1 Å². The van der Waals surface area contributed by atoms with Gasteiger partial charge in [-0.05, 0) is 29.8 Å². The van der Waals surface area contributed by atoms with E-state index < -0.39 is 11.6 Å². The Bertz CT molecular complexity index is 521. The van der Waals surface area contributed by atoms with Gasteiger partial charge in [0.1, 0.15) is 0 Å². The van der Waals surface area contributed by atoms with Crippen molar-refractivity contribution in [1.82, 2.24) is 0 Å². The third kappa shape index (κ3) is 2.68. The summed E-state index contributed by atoms with van der Waals surface area (Å²) < 4.78 is 25.6. The van der Waals surface area contributed by atoms with Gasteiger partial charge in [0, 0.05) is 18.3 Å². The van der Waals surface area contributed by atoms with E-state index in [9.17, 15) is 13.9 Å². The first kappa shape index (κ1) is 12.2. The topological polar surface area (TPSA) is 52.5 Å². The molecule has 2 aromatic rings. The first-order valence-corrected chi connectivity index (χ1v) is 5.26. The molecule has 0 saturated carbocycles. The van der Waals surface area contributed by atoms with Crippen molar-refractivity contribution in [2.75, 3.05) is 5.32 Å². The van der Waals surface area contributed by atoms with Gasteiger partial charge in [-0.15, -0.1) is 0 Å². The molecule has 0 atom stereocenters. The zero-order valence-electron chi connectivity index (χ0n) is 9.32. The Morgan fingerprint density at radius 1 is 0.889 bits per heavy atom. The van der Waals surface area contributed by atoms with Crippen LogP contribution < -0.4 is 5.32 Å². The molecule has 0 aliphatic heterocycles. The van der Waals surface area contributed by atoms with Crippen LogP contribution in [0.25, 0.3) is 0 Å². The highest BCUT2D eigenvalue weighted by Gasteiger charge is 2.03. The minimum atomic E-state index is -0.923. The second kappa shape index (κ2) is 4.91. The summed E-state index contributed by atoms with van der Waals surface area (Å²) in [6, 6.07) is 7.86. The highest BCUT2D eigenvalue weighted by molar-refractivity contribution is 5.46. The molecule has 0 amide bonds. The number of nitrogens with one attached hydrogen (secondary N) is 1. The SMILES string of the molecule is Oc1ccc(CNc2ccc(F)c(F)c2)cc1O. The lowest BCUT2D eigenvalue weighted by Gasteiger charge is -2.07. The molecule has 2 aromatic carbocycles. The summed E-state index contributed by atoms with van der Waals surface area (Å²) >= 11 is 0. The molecule has 0 unspecified atom stereocenters. The molecular weight excluding hydrogens is 240 g/mol. The predicted molar refractivity (Wildman–Crippen MR) is 63.5 cm³/mol. The number of benzene rings is 2. The van der Waals surface area contributed by atoms with E-state index in [1.54, 1.807) is 6.07 Å². The average molecular weight is 251 g/mol. The Morgan fingerprint density at radius 2 is 1.67 bits per heavy atom. The minimum absolute atomic E-state index is 0.202. The molecule has 0 spiro atoms. The van der Waals surface area contributed by atoms with E-state index >= 15 is 0 Å². The minimum Gasteiger partial charge on any atom is -0.504 e. The third-order valence-electron chi connectivity index (χ3n) is 2.46. The maximum atomic E-state index is 12.9. The molecule has 5 heteroatoms. The van der Waals surface area contributed by atoms with Gasteiger partial charge < -0.3 is 15.5 Å². The van der Waals surface area contributed by atoms with E-state index in [2.05, 4.69) is 5.32 Å². The van der Waals surface area contributed by atoms with Gasteiger partial charge in [0.05, 0.1) is 0 Å². The molecule has 0 aliphatic rings. The number of aromatic hydroxyl groups is 2. The third-order valence-corrected chi connectivity index (χ3v) is 2.46. The molecule has 0 heterocycles. The zero-order valence-corrected chi connectivity index (χ0v) is 9.32. The fourth-order valence-corrected chi connectivity index (χ4v) is 1.49. The summed E-state index contributed by atoms with van der Waals surface area (Å²) in [6.07, 6.45) is 0. The molecule has 94 valence electrons. The molecule has 3 nitrogen and oxygen atoms in total. The smallest absolute Gasteiger partial charge is 0.160 e. The van der Waals surface area contributed by atoms with Crippen LogP contribution in [0, 0.1) is 11.6 Å². The highest BCUT2D eigenvalue weighted by Crippen LogP contribution is 2.25. The van der Waals surface area contributed by atoms with Crippen LogP contribution in [0.15, 0.2) is 36.4 Å². The van der Waals surface area contributed by atoms with Crippen molar-refractivity contribution >= 4 is 5.69 Å². The second-order valence-electron chi connectivity index (χ2n) is 3.81. The van der Waals surface area contributed by atoms with Crippen molar-refractivity contribution in [1.29, 1.82) is 0 Å². The molecule has 2 rings (SSSR count). The van der Waals surface area contributed by atoms with Crippen LogP contribution in [-0.2, 0) is 6.54 Å². The van der Waals surface area contributed by atoms with Crippen molar-refractivity contribution in [3.05, 3.63) is 53.6 Å². The molecule has 0 aliphatic carbocycles. The van der Waals surface area contributed by atoms with Crippen LogP contribution in [0.4, 0.5) is 14.5 Å². The van der Waals surface area contributed by atoms with Gasteiger partial charge in [0.15, 0.2) is 23.1 Å². The van der Waals surface area contributed by atoms with Gasteiger partial charge in [-0.1, -0.05) is 6.07 Å². The Morgan fingerprint density at radius 3 is 2.33 bits per heavy atom. The highest BCUT2D eigenvalue weighted by atomic mass is 19.2. The van der Waals surface area contributed by atoms with Crippen LogP contribution in [-0.4, -0.2) is 10.2 Å². The van der Waals surface area contributed by atoms with Crippen LogP contribution in [0.1, 0.15) is 5.56 Å². The summed E-state index contributed by atoms with van der Waals surface area (Å²) in [7, 11) is 0. The zero-order chi connectivity index (χ0) is 13.1. The Labute approximate surface area is 102 Å². The summed E-state index contributed by atoms with van der Waals surface area (Å²) in [5.41, 5.74) is 1.14. The molecule has 18 heavy (non-hydrogen) atoms. The van der Waals surface area contributed by atoms with Crippen LogP contribution in [0.3, 0.4) is 0 Å². The van der Waals surface area contributed by atoms with Gasteiger partial charge in [0.2, 0.25) is 0 Å². The van der Waals surface area contributed by atoms with Crippen molar-refractivity contribution in [2.24, 2.45) is 0 Å². The molecule has 0 bridgehead atoms. The Balaban J connectivity index is 2.06. The lowest BCUT2D eigenvalue weighted by atomic mass is 10.2. The fraction of sp³-hybridized carbons (Fsp3) is 0.0769. The Hall–Kier alpha value is -2.30. The van der Waals surface area contributed by atoms with Crippen molar-refractivity contribution in [3.8, 4) is 11.5 Å². The Kier molecular flexibility index (Phi) is 3.32. The number of halogens is 2. The summed E-state index contributed by atoms with van der Waals surface area (Å²) in [6.45, 7) is 0.318. The number of phenols is 2. The molecule has 0 saturated heterocycles. The number of hydrogen-bond donors (Lipinski definition) is 3. The molecule has 0 fully saturated rings. The number of phenolic OH excluding ortho intramolecular Hbond substituents is 2. The van der Waals surface area contributed by atoms with E-state index in [0.29, 0.717) is 17.8 Å². The van der Waals surface area contributed by atoms with Crippen molar-refractivity contribution < 1.29 is 19.0 Å². The lowest BCUT2D eigenvalue weighted by Crippen LogP contribution is -2.00. The maximum Gasteiger partial charge on any atom is 0.160 e. The molecule has 0 aromatic heterocycles. The summed E-state index contributed by atoms with van der Waals surface area (Å²) in [5.74, 6) is -2.25. The van der Waals surface area contributed by atoms with Gasteiger partial charge >= 0.3 is 0 Å². The second-order valence-corrected chi connectivity index (χ2v) is 3.81. The monoisotopic (exact) mass is 251 g/mol. The fourth-order valence-electron chi connectivity index (χ4n) is 1.49. The number of rotatable bonds is 3. The van der Waals surface area contributed by atoms with Gasteiger partial charge in [-0.2, -0.15) is 0 Å². The summed E-state index contributed by atoms with van der Waals surface area (Å²) in [4.78, 5) is 0. The predicted octanol–water partition coefficient (Wildman–Crippen LogP) is 2.99. The van der Waals surface area contributed by atoms with Crippen LogP contribution >= 0.6 is 0 Å². The van der Waals surface area contributed by atoms with Gasteiger partial charge in [-0.25, -0.2) is 8.78 Å². The first-order chi connectivity index (χ1) is 8.56. The summed E-state index contributed by atoms with van der Waals surface area (Å²) in [5, 5.41) is 21.3. The standard InChI is InChI=1S/C13H11F2NO2/c14-10-3-2-9(6-11(10)15)16-7-8-1-4-12(17)13(18)5-8/h1-6,16-18H,7H2. The van der Waals surface area contributed by atoms with Crippen LogP contribution in [0.5, 0.6) is 11.5 Å². The largest absolute Gasteiger partial charge is 0.504 e. The van der Waals surface area contributed by atoms with Gasteiger partial charge in [0.25, 0.3) is 0 Å². The van der Waals surface area contributed by atoms with E-state index in [4.69, 9.17) is 5.11 Å². The molecular formula is C13H11F2NO2. The van der Waals surface area contributed by atoms with Crippen molar-refractivity contribution in [2.45, 2.75) is 6.54 Å². The lowest BCUT2D eigenvalue weighted by molar-refractivity contribution is 0.403. The molecule has 3 N–H and O–H groups in total. The normalized spacial score (nSPS) is 10.3.